The third kappa shape index (κ3) is 2.29. The van der Waals surface area contributed by atoms with Gasteiger partial charge in [0.1, 0.15) is 5.75 Å². The highest BCUT2D eigenvalue weighted by Gasteiger charge is 2.55. The highest BCUT2D eigenvalue weighted by molar-refractivity contribution is 9.10. The number of rotatable bonds is 3. The number of hydrogen-bond acceptors (Lipinski definition) is 3. The van der Waals surface area contributed by atoms with Crippen molar-refractivity contribution in [2.45, 2.75) is 19.3 Å². The minimum atomic E-state index is -0.769. The van der Waals surface area contributed by atoms with Crippen molar-refractivity contribution in [2.75, 3.05) is 20.2 Å². The van der Waals surface area contributed by atoms with Crippen molar-refractivity contribution >= 4 is 27.8 Å². The van der Waals surface area contributed by atoms with Crippen molar-refractivity contribution in [3.63, 3.8) is 0 Å². The highest BCUT2D eigenvalue weighted by Crippen LogP contribution is 2.49. The lowest BCUT2D eigenvalue weighted by atomic mass is 9.81. The number of methoxy groups -OCH3 is 1. The molecule has 0 aromatic heterocycles. The second-order valence-corrected chi connectivity index (χ2v) is 6.94. The van der Waals surface area contributed by atoms with Crippen LogP contribution in [0.25, 0.3) is 0 Å². The first-order valence-corrected chi connectivity index (χ1v) is 8.13. The molecule has 0 spiro atoms. The monoisotopic (exact) mass is 367 g/mol. The third-order valence-corrected chi connectivity index (χ3v) is 5.68. The number of ether oxygens (including phenoxy) is 1. The molecule has 1 aliphatic heterocycles. The molecular weight excluding hydrogens is 350 g/mol. The van der Waals surface area contributed by atoms with Crippen molar-refractivity contribution in [1.29, 1.82) is 0 Å². The number of hydrogen-bond donors (Lipinski definition) is 1. The van der Waals surface area contributed by atoms with E-state index in [1.165, 1.54) is 0 Å². The fourth-order valence-electron chi connectivity index (χ4n) is 3.76. The summed E-state index contributed by atoms with van der Waals surface area (Å²) in [5.41, 5.74) is -0.235. The summed E-state index contributed by atoms with van der Waals surface area (Å²) < 4.78 is 5.86. The van der Waals surface area contributed by atoms with Crippen molar-refractivity contribution < 1.29 is 19.4 Å². The molecule has 2 fully saturated rings. The molecule has 0 radical (unpaired) electrons. The number of carboxylic acids is 1. The number of amides is 1. The van der Waals surface area contributed by atoms with E-state index in [0.717, 1.165) is 12.8 Å². The van der Waals surface area contributed by atoms with Crippen molar-refractivity contribution in [3.8, 4) is 5.75 Å². The summed E-state index contributed by atoms with van der Waals surface area (Å²) in [6.45, 7) is 0.824. The summed E-state index contributed by atoms with van der Waals surface area (Å²) in [6, 6.07) is 5.24. The Kier molecular flexibility index (Phi) is 3.89. The summed E-state index contributed by atoms with van der Waals surface area (Å²) in [5.74, 6) is -0.229. The Hall–Kier alpha value is -1.56. The molecule has 1 aromatic carbocycles. The Balaban J connectivity index is 1.87. The maximum Gasteiger partial charge on any atom is 0.311 e. The van der Waals surface area contributed by atoms with Crippen LogP contribution < -0.4 is 4.74 Å². The second-order valence-electron chi connectivity index (χ2n) is 6.08. The Morgan fingerprint density at radius 3 is 2.86 bits per heavy atom. The second kappa shape index (κ2) is 5.57. The van der Waals surface area contributed by atoms with E-state index in [0.29, 0.717) is 35.3 Å². The van der Waals surface area contributed by atoms with Gasteiger partial charge in [-0.1, -0.05) is 6.42 Å². The molecule has 2 aliphatic rings. The number of nitrogens with zero attached hydrogens (tertiary/aromatic N) is 1. The molecule has 1 N–H and O–H groups in total. The first-order chi connectivity index (χ1) is 10.5. The number of halogens is 1. The molecule has 6 heteroatoms. The average Bonchev–Trinajstić information content (AvgIpc) is 3.05. The van der Waals surface area contributed by atoms with Gasteiger partial charge in [0.2, 0.25) is 0 Å². The lowest BCUT2D eigenvalue weighted by molar-refractivity contribution is -0.149. The Bertz CT molecular complexity index is 633. The van der Waals surface area contributed by atoms with Gasteiger partial charge in [-0.2, -0.15) is 0 Å². The number of fused-ring (bicyclic) bond motifs is 1. The largest absolute Gasteiger partial charge is 0.497 e. The molecular formula is C16H18BrNO4. The number of carbonyl (C=O) groups is 2. The minimum absolute atomic E-state index is 0.0679. The van der Waals surface area contributed by atoms with Gasteiger partial charge >= 0.3 is 5.97 Å². The maximum absolute atomic E-state index is 12.8. The third-order valence-electron chi connectivity index (χ3n) is 4.99. The SMILES string of the molecule is COc1ccc(Br)c(C(=O)N2C[C@@H]3CCC[C@@]3(C(=O)O)C2)c1. The number of carboxylic acid groups (broad SMARTS) is 1. The van der Waals surface area contributed by atoms with Crippen LogP contribution >= 0.6 is 15.9 Å². The van der Waals surface area contributed by atoms with E-state index in [-0.39, 0.29) is 11.8 Å². The van der Waals surface area contributed by atoms with Gasteiger partial charge in [-0.25, -0.2) is 0 Å². The van der Waals surface area contributed by atoms with Gasteiger partial charge < -0.3 is 14.7 Å². The van der Waals surface area contributed by atoms with Crippen LogP contribution in [0, 0.1) is 11.3 Å². The predicted molar refractivity (Wildman–Crippen MR) is 84.0 cm³/mol. The van der Waals surface area contributed by atoms with Crippen molar-refractivity contribution in [3.05, 3.63) is 28.2 Å². The van der Waals surface area contributed by atoms with Crippen LogP contribution in [0.2, 0.25) is 0 Å². The standard InChI is InChI=1S/C16H18BrNO4/c1-22-11-4-5-13(17)12(7-11)14(19)18-8-10-3-2-6-16(10,9-18)15(20)21/h4-5,7,10H,2-3,6,8-9H2,1H3,(H,20,21)/t10-,16+/m0/s1. The van der Waals surface area contributed by atoms with Crippen LogP contribution in [-0.4, -0.2) is 42.1 Å². The lowest BCUT2D eigenvalue weighted by Crippen LogP contribution is -2.37. The van der Waals surface area contributed by atoms with Gasteiger partial charge in [-0.15, -0.1) is 0 Å². The Morgan fingerprint density at radius 2 is 2.23 bits per heavy atom. The van der Waals surface area contributed by atoms with Crippen molar-refractivity contribution in [1.82, 2.24) is 4.90 Å². The zero-order valence-electron chi connectivity index (χ0n) is 12.3. The Morgan fingerprint density at radius 1 is 1.45 bits per heavy atom. The molecule has 5 nitrogen and oxygen atoms in total. The molecule has 118 valence electrons. The van der Waals surface area contributed by atoms with Crippen molar-refractivity contribution in [2.24, 2.45) is 11.3 Å². The summed E-state index contributed by atoms with van der Waals surface area (Å²) in [4.78, 5) is 26.2. The molecule has 1 aliphatic carbocycles. The van der Waals surface area contributed by atoms with Gasteiger partial charge in [0.05, 0.1) is 18.1 Å². The number of carbonyl (C=O) groups excluding carboxylic acids is 1. The normalized spacial score (nSPS) is 26.8. The zero-order valence-corrected chi connectivity index (χ0v) is 13.9. The number of aliphatic carboxylic acids is 1. The van der Waals surface area contributed by atoms with Gasteiger partial charge in [0.15, 0.2) is 0 Å². The van der Waals surface area contributed by atoms with E-state index in [1.54, 1.807) is 30.2 Å². The van der Waals surface area contributed by atoms with E-state index in [1.807, 2.05) is 0 Å². The predicted octanol–water partition coefficient (Wildman–Crippen LogP) is 2.78. The summed E-state index contributed by atoms with van der Waals surface area (Å²) in [6.07, 6.45) is 2.48. The zero-order chi connectivity index (χ0) is 15.9. The summed E-state index contributed by atoms with van der Waals surface area (Å²) in [7, 11) is 1.55. The van der Waals surface area contributed by atoms with E-state index >= 15 is 0 Å². The molecule has 2 atom stereocenters. The smallest absolute Gasteiger partial charge is 0.311 e. The molecule has 1 heterocycles. The van der Waals surface area contributed by atoms with E-state index < -0.39 is 11.4 Å². The van der Waals surface area contributed by atoms with Crippen LogP contribution in [-0.2, 0) is 4.79 Å². The number of likely N-dealkylation sites (tertiary alicyclic amines) is 1. The molecule has 22 heavy (non-hydrogen) atoms. The Labute approximate surface area is 137 Å². The van der Waals surface area contributed by atoms with Crippen LogP contribution in [0.15, 0.2) is 22.7 Å². The highest BCUT2D eigenvalue weighted by atomic mass is 79.9. The lowest BCUT2D eigenvalue weighted by Gasteiger charge is -2.23. The van der Waals surface area contributed by atoms with Crippen LogP contribution in [0.4, 0.5) is 0 Å². The van der Waals surface area contributed by atoms with Gasteiger partial charge in [-0.05, 0) is 52.9 Å². The minimum Gasteiger partial charge on any atom is -0.497 e. The molecule has 1 amide bonds. The molecule has 0 bridgehead atoms. The van der Waals surface area contributed by atoms with E-state index in [4.69, 9.17) is 4.74 Å². The molecule has 1 aromatic rings. The molecule has 3 rings (SSSR count). The fraction of sp³-hybridized carbons (Fsp3) is 0.500. The molecule has 1 saturated heterocycles. The first-order valence-electron chi connectivity index (χ1n) is 7.34. The van der Waals surface area contributed by atoms with Gasteiger partial charge in [0, 0.05) is 17.6 Å². The topological polar surface area (TPSA) is 66.8 Å². The van der Waals surface area contributed by atoms with E-state index in [9.17, 15) is 14.7 Å². The molecule has 1 saturated carbocycles. The van der Waals surface area contributed by atoms with Gasteiger partial charge in [-0.3, -0.25) is 9.59 Å². The summed E-state index contributed by atoms with van der Waals surface area (Å²) >= 11 is 3.39. The first kappa shape index (κ1) is 15.3. The van der Waals surface area contributed by atoms with Crippen LogP contribution in [0.1, 0.15) is 29.6 Å². The van der Waals surface area contributed by atoms with Crippen LogP contribution in [0.5, 0.6) is 5.75 Å². The number of benzene rings is 1. The summed E-state index contributed by atoms with van der Waals surface area (Å²) in [5, 5.41) is 9.61. The van der Waals surface area contributed by atoms with E-state index in [2.05, 4.69) is 15.9 Å². The van der Waals surface area contributed by atoms with Gasteiger partial charge in [0.25, 0.3) is 5.91 Å². The molecule has 0 unspecified atom stereocenters. The van der Waals surface area contributed by atoms with Crippen LogP contribution in [0.3, 0.4) is 0 Å². The fourth-order valence-corrected chi connectivity index (χ4v) is 4.18. The maximum atomic E-state index is 12.8. The quantitative estimate of drug-likeness (QED) is 0.891. The average molecular weight is 368 g/mol.